The van der Waals surface area contributed by atoms with Crippen molar-refractivity contribution < 1.29 is 14.3 Å². The van der Waals surface area contributed by atoms with Crippen molar-refractivity contribution in [3.63, 3.8) is 0 Å². The zero-order chi connectivity index (χ0) is 20.5. The second kappa shape index (κ2) is 10.4. The molecule has 1 aromatic heterocycles. The average Bonchev–Trinajstić information content (AvgIpc) is 3.13. The Balaban J connectivity index is 1.45. The Labute approximate surface area is 174 Å². The first-order chi connectivity index (χ1) is 14.2. The number of H-pyrrole nitrogens is 1. The van der Waals surface area contributed by atoms with E-state index in [1.165, 1.54) is 0 Å². The predicted molar refractivity (Wildman–Crippen MR) is 114 cm³/mol. The molecule has 0 atom stereocenters. The van der Waals surface area contributed by atoms with Crippen molar-refractivity contribution in [1.82, 2.24) is 20.1 Å². The van der Waals surface area contributed by atoms with Gasteiger partial charge in [0.05, 0.1) is 13.7 Å². The van der Waals surface area contributed by atoms with Crippen LogP contribution in [0, 0.1) is 4.77 Å². The zero-order valence-electron chi connectivity index (χ0n) is 16.3. The molecule has 8 heteroatoms. The maximum atomic E-state index is 12.2. The maximum absolute atomic E-state index is 12.2. The van der Waals surface area contributed by atoms with Crippen LogP contribution in [-0.2, 0) is 11.3 Å². The van der Waals surface area contributed by atoms with E-state index in [0.29, 0.717) is 36.7 Å². The van der Waals surface area contributed by atoms with Crippen LogP contribution in [0.25, 0.3) is 11.4 Å². The van der Waals surface area contributed by atoms with E-state index >= 15 is 0 Å². The third kappa shape index (κ3) is 5.92. The van der Waals surface area contributed by atoms with E-state index in [-0.39, 0.29) is 5.91 Å². The molecule has 0 unspecified atom stereocenters. The number of nitrogens with one attached hydrogen (secondary N) is 2. The van der Waals surface area contributed by atoms with Crippen molar-refractivity contribution in [2.45, 2.75) is 19.4 Å². The number of amides is 1. The Morgan fingerprint density at radius 2 is 1.90 bits per heavy atom. The summed E-state index contributed by atoms with van der Waals surface area (Å²) in [5, 5.41) is 10.0. The molecule has 0 saturated carbocycles. The summed E-state index contributed by atoms with van der Waals surface area (Å²) in [7, 11) is 1.62. The van der Waals surface area contributed by atoms with Gasteiger partial charge in [-0.3, -0.25) is 14.5 Å². The Morgan fingerprint density at radius 3 is 2.62 bits per heavy atom. The Morgan fingerprint density at radius 1 is 1.14 bits per heavy atom. The fraction of sp³-hybridized carbons (Fsp3) is 0.286. The number of nitrogens with zero attached hydrogens (tertiary/aromatic N) is 2. The third-order valence-corrected chi connectivity index (χ3v) is 4.64. The number of ether oxygens (including phenoxy) is 2. The monoisotopic (exact) mass is 412 g/mol. The molecule has 29 heavy (non-hydrogen) atoms. The van der Waals surface area contributed by atoms with Crippen LogP contribution in [0.1, 0.15) is 12.8 Å². The normalized spacial score (nSPS) is 10.5. The highest BCUT2D eigenvalue weighted by Crippen LogP contribution is 2.21. The van der Waals surface area contributed by atoms with Crippen LogP contribution in [0.4, 0.5) is 0 Å². The number of methoxy groups -OCH3 is 1. The third-order valence-electron chi connectivity index (χ3n) is 4.32. The molecule has 2 N–H and O–H groups in total. The highest BCUT2D eigenvalue weighted by Gasteiger charge is 2.11. The van der Waals surface area contributed by atoms with E-state index in [1.807, 2.05) is 59.2 Å². The summed E-state index contributed by atoms with van der Waals surface area (Å²) in [5.74, 6) is 2.26. The van der Waals surface area contributed by atoms with Crippen LogP contribution in [0.2, 0.25) is 0 Å². The van der Waals surface area contributed by atoms with Crippen LogP contribution in [-0.4, -0.2) is 40.9 Å². The van der Waals surface area contributed by atoms with Crippen LogP contribution in [0.15, 0.2) is 54.6 Å². The van der Waals surface area contributed by atoms with Gasteiger partial charge in [0.15, 0.2) is 10.6 Å². The van der Waals surface area contributed by atoms with Gasteiger partial charge in [0.2, 0.25) is 5.91 Å². The van der Waals surface area contributed by atoms with Crippen molar-refractivity contribution in [2.24, 2.45) is 0 Å². The summed E-state index contributed by atoms with van der Waals surface area (Å²) in [5.41, 5.74) is 0.900. The second-order valence-electron chi connectivity index (χ2n) is 6.35. The Bertz CT molecular complexity index is 968. The lowest BCUT2D eigenvalue weighted by Gasteiger charge is -2.09. The molecule has 0 aliphatic heterocycles. The van der Waals surface area contributed by atoms with Gasteiger partial charge in [-0.2, -0.15) is 5.10 Å². The van der Waals surface area contributed by atoms with Gasteiger partial charge in [0, 0.05) is 25.1 Å². The molecule has 0 bridgehead atoms. The van der Waals surface area contributed by atoms with Crippen LogP contribution in [0.5, 0.6) is 11.5 Å². The van der Waals surface area contributed by atoms with E-state index < -0.39 is 0 Å². The smallest absolute Gasteiger partial charge is 0.221 e. The summed E-state index contributed by atoms with van der Waals surface area (Å²) in [6.45, 7) is 1.57. The highest BCUT2D eigenvalue weighted by atomic mass is 32.1. The quantitative estimate of drug-likeness (QED) is 0.393. The largest absolute Gasteiger partial charge is 0.497 e. The molecule has 152 valence electrons. The first-order valence-electron chi connectivity index (χ1n) is 9.41. The van der Waals surface area contributed by atoms with Crippen molar-refractivity contribution in [1.29, 1.82) is 0 Å². The molecule has 0 fully saturated rings. The minimum absolute atomic E-state index is 0.0338. The zero-order valence-corrected chi connectivity index (χ0v) is 17.1. The first kappa shape index (κ1) is 20.6. The summed E-state index contributed by atoms with van der Waals surface area (Å²) in [6, 6.07) is 17.2. The average molecular weight is 413 g/mol. The van der Waals surface area contributed by atoms with Crippen molar-refractivity contribution in [3.8, 4) is 22.9 Å². The molecular weight excluding hydrogens is 388 g/mol. The lowest BCUT2D eigenvalue weighted by molar-refractivity contribution is -0.121. The van der Waals surface area contributed by atoms with Crippen LogP contribution >= 0.6 is 12.2 Å². The number of aromatic amines is 1. The van der Waals surface area contributed by atoms with Crippen LogP contribution < -0.4 is 14.8 Å². The number of para-hydroxylation sites is 1. The van der Waals surface area contributed by atoms with E-state index in [1.54, 1.807) is 7.11 Å². The van der Waals surface area contributed by atoms with Gasteiger partial charge in [-0.25, -0.2) is 0 Å². The van der Waals surface area contributed by atoms with E-state index in [4.69, 9.17) is 21.7 Å². The highest BCUT2D eigenvalue weighted by molar-refractivity contribution is 7.71. The molecule has 0 aliphatic rings. The molecule has 2 aromatic carbocycles. The van der Waals surface area contributed by atoms with E-state index in [9.17, 15) is 4.79 Å². The van der Waals surface area contributed by atoms with Crippen molar-refractivity contribution >= 4 is 18.1 Å². The summed E-state index contributed by atoms with van der Waals surface area (Å²) in [4.78, 5) is 12.2. The molecule has 0 saturated heterocycles. The Hall–Kier alpha value is -3.13. The van der Waals surface area contributed by atoms with Gasteiger partial charge < -0.3 is 14.8 Å². The number of hydrogen-bond donors (Lipinski definition) is 2. The molecule has 0 spiro atoms. The molecule has 0 aliphatic carbocycles. The first-order valence-corrected chi connectivity index (χ1v) is 9.82. The van der Waals surface area contributed by atoms with Gasteiger partial charge in [0.1, 0.15) is 11.5 Å². The standard InChI is InChI=1S/C21H24N4O3S/c1-27-17-10-8-16(9-11-17)20-23-24-21(29)25(20)14-12-19(26)22-13-5-15-28-18-6-3-2-4-7-18/h2-4,6-11H,5,12-15H2,1H3,(H,22,26)(H,24,29). The number of hydrogen-bond acceptors (Lipinski definition) is 5. The van der Waals surface area contributed by atoms with Gasteiger partial charge in [-0.1, -0.05) is 18.2 Å². The number of rotatable bonds is 10. The van der Waals surface area contributed by atoms with Gasteiger partial charge in [0.25, 0.3) is 0 Å². The SMILES string of the molecule is COc1ccc(-c2n[nH]c(=S)n2CCC(=O)NCCCOc2ccccc2)cc1. The Kier molecular flexibility index (Phi) is 7.40. The molecule has 0 radical (unpaired) electrons. The number of carbonyl (C=O) groups is 1. The summed E-state index contributed by atoms with van der Waals surface area (Å²) in [6.07, 6.45) is 1.05. The van der Waals surface area contributed by atoms with Crippen molar-refractivity contribution in [2.75, 3.05) is 20.3 Å². The van der Waals surface area contributed by atoms with E-state index in [0.717, 1.165) is 23.5 Å². The molecule has 1 heterocycles. The molecule has 3 rings (SSSR count). The van der Waals surface area contributed by atoms with E-state index in [2.05, 4.69) is 15.5 Å². The number of carbonyl (C=O) groups excluding carboxylic acids is 1. The topological polar surface area (TPSA) is 81.2 Å². The van der Waals surface area contributed by atoms with Gasteiger partial charge in [-0.15, -0.1) is 0 Å². The second-order valence-corrected chi connectivity index (χ2v) is 6.73. The van der Waals surface area contributed by atoms with Gasteiger partial charge >= 0.3 is 0 Å². The predicted octanol–water partition coefficient (Wildman–Crippen LogP) is 3.59. The van der Waals surface area contributed by atoms with Crippen molar-refractivity contribution in [3.05, 3.63) is 59.4 Å². The van der Waals surface area contributed by atoms with Gasteiger partial charge in [-0.05, 0) is 55.0 Å². The fourth-order valence-electron chi connectivity index (χ4n) is 2.79. The fourth-order valence-corrected chi connectivity index (χ4v) is 3.02. The molecule has 7 nitrogen and oxygen atoms in total. The summed E-state index contributed by atoms with van der Waals surface area (Å²) >= 11 is 5.31. The molecular formula is C21H24N4O3S. The lowest BCUT2D eigenvalue weighted by Crippen LogP contribution is -2.26. The molecule has 1 amide bonds. The molecule has 3 aromatic rings. The minimum Gasteiger partial charge on any atom is -0.497 e. The number of benzene rings is 2. The van der Waals surface area contributed by atoms with Crippen LogP contribution in [0.3, 0.4) is 0 Å². The lowest BCUT2D eigenvalue weighted by atomic mass is 10.2. The summed E-state index contributed by atoms with van der Waals surface area (Å²) < 4.78 is 13.1. The number of aromatic nitrogens is 3. The minimum atomic E-state index is -0.0338. The maximum Gasteiger partial charge on any atom is 0.221 e.